The Bertz CT molecular complexity index is 2300. The van der Waals surface area contributed by atoms with Crippen LogP contribution < -0.4 is 9.64 Å². The number of ether oxygens (including phenoxy) is 1. The molecular weight excluding hydrogens is 583 g/mol. The molecule has 0 radical (unpaired) electrons. The van der Waals surface area contributed by atoms with Crippen LogP contribution in [0.5, 0.6) is 11.5 Å². The van der Waals surface area contributed by atoms with Crippen molar-refractivity contribution in [1.82, 2.24) is 0 Å². The first-order chi connectivity index (χ1) is 23.8. The molecular formula is C46H31NO. The third kappa shape index (κ3) is 4.83. The number of benzene rings is 8. The van der Waals surface area contributed by atoms with E-state index in [0.29, 0.717) is 0 Å². The average Bonchev–Trinajstić information content (AvgIpc) is 3.17. The van der Waals surface area contributed by atoms with E-state index < -0.39 is 0 Å². The highest BCUT2D eigenvalue weighted by atomic mass is 16.5. The number of hydrogen-bond donors (Lipinski definition) is 0. The summed E-state index contributed by atoms with van der Waals surface area (Å²) in [6.45, 7) is 0. The molecule has 8 aromatic rings. The first kappa shape index (κ1) is 27.9. The van der Waals surface area contributed by atoms with Crippen LogP contribution in [-0.2, 0) is 0 Å². The van der Waals surface area contributed by atoms with E-state index in [2.05, 4.69) is 187 Å². The van der Waals surface area contributed by atoms with Crippen molar-refractivity contribution in [2.45, 2.75) is 0 Å². The number of para-hydroxylation sites is 1. The predicted molar refractivity (Wildman–Crippen MR) is 200 cm³/mol. The fourth-order valence-corrected chi connectivity index (χ4v) is 6.97. The summed E-state index contributed by atoms with van der Waals surface area (Å²) in [6.07, 6.45) is 0. The molecule has 2 nitrogen and oxygen atoms in total. The highest BCUT2D eigenvalue weighted by molar-refractivity contribution is 6.11. The first-order valence-corrected chi connectivity index (χ1v) is 16.4. The lowest BCUT2D eigenvalue weighted by Crippen LogP contribution is -2.11. The standard InChI is InChI=1S/C46H31NO/c1-4-12-32(13-5-1)34-22-26-37(27-23-34)47(38-28-24-35(25-29-38)33-14-6-2-7-15-33)43-31-30-40-41-19-10-18-39(36-16-8-3-9-17-36)46(41)48-44-21-11-20-42(43)45(40)44/h1-31H. The van der Waals surface area contributed by atoms with Gasteiger partial charge in [0.05, 0.1) is 5.69 Å². The van der Waals surface area contributed by atoms with E-state index in [-0.39, 0.29) is 0 Å². The van der Waals surface area contributed by atoms with Crippen LogP contribution in [0, 0.1) is 0 Å². The van der Waals surface area contributed by atoms with E-state index in [9.17, 15) is 0 Å². The molecule has 0 unspecified atom stereocenters. The van der Waals surface area contributed by atoms with Gasteiger partial charge in [-0.05, 0) is 69.8 Å². The monoisotopic (exact) mass is 613 g/mol. The van der Waals surface area contributed by atoms with Crippen molar-refractivity contribution >= 4 is 27.8 Å². The number of hydrogen-bond acceptors (Lipinski definition) is 2. The number of anilines is 3. The normalized spacial score (nSPS) is 11.5. The molecule has 226 valence electrons. The van der Waals surface area contributed by atoms with Gasteiger partial charge in [0.2, 0.25) is 0 Å². The highest BCUT2D eigenvalue weighted by Crippen LogP contribution is 2.53. The smallest absolute Gasteiger partial charge is 0.143 e. The van der Waals surface area contributed by atoms with Crippen molar-refractivity contribution in [2.75, 3.05) is 4.90 Å². The van der Waals surface area contributed by atoms with Crippen molar-refractivity contribution in [2.24, 2.45) is 0 Å². The Balaban J connectivity index is 1.21. The summed E-state index contributed by atoms with van der Waals surface area (Å²) in [5, 5.41) is 2.26. The fraction of sp³-hybridized carbons (Fsp3) is 0. The van der Waals surface area contributed by atoms with Gasteiger partial charge in [-0.25, -0.2) is 0 Å². The molecule has 0 amide bonds. The van der Waals surface area contributed by atoms with Gasteiger partial charge in [-0.1, -0.05) is 152 Å². The summed E-state index contributed by atoms with van der Waals surface area (Å²) in [5.41, 5.74) is 12.6. The molecule has 0 saturated carbocycles. The molecule has 0 spiro atoms. The van der Waals surface area contributed by atoms with Crippen molar-refractivity contribution in [1.29, 1.82) is 0 Å². The molecule has 1 heterocycles. The molecule has 0 atom stereocenters. The Kier molecular flexibility index (Phi) is 6.84. The maximum absolute atomic E-state index is 6.79. The SMILES string of the molecule is c1ccc(-c2ccc(N(c3ccc(-c4ccccc4)cc3)c3ccc4c5c(cccc35)Oc3c(-c5ccccc5)cccc3-4)cc2)cc1. The fourth-order valence-electron chi connectivity index (χ4n) is 6.97. The molecule has 2 heteroatoms. The van der Waals surface area contributed by atoms with Gasteiger partial charge in [0.25, 0.3) is 0 Å². The van der Waals surface area contributed by atoms with E-state index >= 15 is 0 Å². The number of fused-ring (bicyclic) bond motifs is 2. The lowest BCUT2D eigenvalue weighted by Gasteiger charge is -2.30. The molecule has 48 heavy (non-hydrogen) atoms. The third-order valence-electron chi connectivity index (χ3n) is 9.29. The Labute approximate surface area is 280 Å². The van der Waals surface area contributed by atoms with Crippen LogP contribution in [0.4, 0.5) is 17.1 Å². The molecule has 0 fully saturated rings. The predicted octanol–water partition coefficient (Wildman–Crippen LogP) is 13.1. The van der Waals surface area contributed by atoms with Crippen LogP contribution in [0.3, 0.4) is 0 Å². The van der Waals surface area contributed by atoms with Gasteiger partial charge in [-0.3, -0.25) is 0 Å². The van der Waals surface area contributed by atoms with E-state index in [1.54, 1.807) is 0 Å². The summed E-state index contributed by atoms with van der Waals surface area (Å²) in [7, 11) is 0. The van der Waals surface area contributed by atoms with E-state index in [1.807, 2.05) is 6.07 Å². The molecule has 1 aliphatic heterocycles. The second kappa shape index (κ2) is 11.8. The first-order valence-electron chi connectivity index (χ1n) is 16.4. The van der Waals surface area contributed by atoms with Crippen LogP contribution in [-0.4, -0.2) is 0 Å². The van der Waals surface area contributed by atoms with Crippen LogP contribution >= 0.6 is 0 Å². The molecule has 1 aliphatic rings. The van der Waals surface area contributed by atoms with Crippen LogP contribution in [0.25, 0.3) is 55.3 Å². The van der Waals surface area contributed by atoms with Crippen molar-refractivity contribution in [3.8, 4) is 56.0 Å². The average molecular weight is 614 g/mol. The van der Waals surface area contributed by atoms with Crippen molar-refractivity contribution < 1.29 is 4.74 Å². The van der Waals surface area contributed by atoms with Gasteiger partial charge in [0.1, 0.15) is 11.5 Å². The minimum atomic E-state index is 0.874. The molecule has 0 aliphatic carbocycles. The van der Waals surface area contributed by atoms with E-state index in [1.165, 1.54) is 27.8 Å². The zero-order chi connectivity index (χ0) is 31.9. The lowest BCUT2D eigenvalue weighted by atomic mass is 9.90. The van der Waals surface area contributed by atoms with Gasteiger partial charge in [0.15, 0.2) is 0 Å². The maximum atomic E-state index is 6.79. The van der Waals surface area contributed by atoms with Gasteiger partial charge >= 0.3 is 0 Å². The van der Waals surface area contributed by atoms with E-state index in [4.69, 9.17) is 4.74 Å². The second-order valence-corrected chi connectivity index (χ2v) is 12.1. The minimum absolute atomic E-state index is 0.874. The highest BCUT2D eigenvalue weighted by Gasteiger charge is 2.26. The number of nitrogens with zero attached hydrogens (tertiary/aromatic N) is 1. The summed E-state index contributed by atoms with van der Waals surface area (Å²) >= 11 is 0. The molecule has 9 rings (SSSR count). The zero-order valence-corrected chi connectivity index (χ0v) is 26.3. The molecule has 0 N–H and O–H groups in total. The van der Waals surface area contributed by atoms with Crippen LogP contribution in [0.15, 0.2) is 188 Å². The largest absolute Gasteiger partial charge is 0.455 e. The Hall–Kier alpha value is -6.38. The van der Waals surface area contributed by atoms with Crippen molar-refractivity contribution in [3.63, 3.8) is 0 Å². The number of rotatable bonds is 6. The van der Waals surface area contributed by atoms with Gasteiger partial charge in [-0.15, -0.1) is 0 Å². The summed E-state index contributed by atoms with van der Waals surface area (Å²) in [4.78, 5) is 2.36. The quantitative estimate of drug-likeness (QED) is 0.185. The molecule has 0 saturated heterocycles. The molecule has 0 aromatic heterocycles. The Morgan fingerprint density at radius 1 is 0.333 bits per heavy atom. The van der Waals surface area contributed by atoms with Gasteiger partial charge in [0, 0.05) is 33.3 Å². The van der Waals surface area contributed by atoms with Crippen LogP contribution in [0.2, 0.25) is 0 Å². The Morgan fingerprint density at radius 2 is 0.833 bits per heavy atom. The summed E-state index contributed by atoms with van der Waals surface area (Å²) in [5.74, 6) is 1.78. The molecule has 0 bridgehead atoms. The second-order valence-electron chi connectivity index (χ2n) is 12.1. The van der Waals surface area contributed by atoms with Crippen molar-refractivity contribution in [3.05, 3.63) is 188 Å². The third-order valence-corrected chi connectivity index (χ3v) is 9.29. The summed E-state index contributed by atoms with van der Waals surface area (Å²) < 4.78 is 6.79. The van der Waals surface area contributed by atoms with Gasteiger partial charge < -0.3 is 9.64 Å². The molecule has 8 aromatic carbocycles. The maximum Gasteiger partial charge on any atom is 0.143 e. The zero-order valence-electron chi connectivity index (χ0n) is 26.3. The summed E-state index contributed by atoms with van der Waals surface area (Å²) in [6, 6.07) is 66.7. The van der Waals surface area contributed by atoms with Gasteiger partial charge in [-0.2, -0.15) is 0 Å². The minimum Gasteiger partial charge on any atom is -0.455 e. The Morgan fingerprint density at radius 3 is 1.42 bits per heavy atom. The lowest BCUT2D eigenvalue weighted by molar-refractivity contribution is 0.489. The topological polar surface area (TPSA) is 12.5 Å². The van der Waals surface area contributed by atoms with Crippen LogP contribution in [0.1, 0.15) is 0 Å². The van der Waals surface area contributed by atoms with E-state index in [0.717, 1.165) is 56.0 Å².